The highest BCUT2D eigenvalue weighted by Crippen LogP contribution is 2.28. The first-order chi connectivity index (χ1) is 45.0. The molecule has 26 heteroatoms. The van der Waals surface area contributed by atoms with E-state index in [4.69, 9.17) is 4.74 Å². The summed E-state index contributed by atoms with van der Waals surface area (Å²) in [6, 6.07) is -14.0. The molecule has 2 aliphatic rings. The van der Waals surface area contributed by atoms with Gasteiger partial charge in [0, 0.05) is 68.6 Å². The van der Waals surface area contributed by atoms with Gasteiger partial charge < -0.3 is 70.3 Å². The van der Waals surface area contributed by atoms with Crippen LogP contribution in [0.3, 0.4) is 0 Å². The predicted octanol–water partition coefficient (Wildman–Crippen LogP) is 4.63. The lowest BCUT2D eigenvalue weighted by molar-refractivity contribution is -0.157. The van der Waals surface area contributed by atoms with Gasteiger partial charge in [-0.25, -0.2) is 0 Å². The molecule has 11 amide bonds. The number of nitrogens with zero attached hydrogens (tertiary/aromatic N) is 8. The number of carbonyl (C=O) groups is 11. The zero-order valence-electron chi connectivity index (χ0n) is 63.8. The van der Waals surface area contributed by atoms with E-state index in [1.54, 1.807) is 61.5 Å². The van der Waals surface area contributed by atoms with E-state index in [1.165, 1.54) is 111 Å². The topological polar surface area (TPSA) is 291 Å². The van der Waals surface area contributed by atoms with Gasteiger partial charge in [-0.1, -0.05) is 95.2 Å². The van der Waals surface area contributed by atoms with Crippen molar-refractivity contribution in [3.63, 3.8) is 0 Å². The van der Waals surface area contributed by atoms with Crippen LogP contribution in [0.2, 0.25) is 0 Å². The number of aliphatic hydroxyl groups excluding tert-OH is 1. The van der Waals surface area contributed by atoms with Crippen molar-refractivity contribution in [3.05, 3.63) is 12.2 Å². The number of ether oxygens (including phenoxy) is 1. The molecule has 2 aliphatic heterocycles. The first kappa shape index (κ1) is 87.2. The average molecular weight is 1390 g/mol. The third-order valence-electron chi connectivity index (χ3n) is 19.2. The Morgan fingerprint density at radius 3 is 1.48 bits per heavy atom. The van der Waals surface area contributed by atoms with Crippen molar-refractivity contribution in [1.82, 2.24) is 60.5 Å². The molecule has 13 atom stereocenters. The van der Waals surface area contributed by atoms with Crippen molar-refractivity contribution in [2.75, 3.05) is 87.6 Å². The van der Waals surface area contributed by atoms with E-state index in [0.717, 1.165) is 43.8 Å². The Morgan fingerprint density at radius 2 is 0.990 bits per heavy atom. The van der Waals surface area contributed by atoms with Crippen LogP contribution in [0, 0.1) is 35.5 Å². The summed E-state index contributed by atoms with van der Waals surface area (Å²) in [6.45, 7) is 32.6. The van der Waals surface area contributed by atoms with Crippen molar-refractivity contribution in [2.45, 2.75) is 254 Å². The van der Waals surface area contributed by atoms with Crippen molar-refractivity contribution in [2.24, 2.45) is 35.5 Å². The molecular formula is C71H128N12O13S. The maximum atomic E-state index is 15.6. The second-order valence-corrected chi connectivity index (χ2v) is 31.0. The highest BCUT2D eigenvalue weighted by Gasteiger charge is 2.47. The third kappa shape index (κ3) is 25.1. The monoisotopic (exact) mass is 1390 g/mol. The summed E-state index contributed by atoms with van der Waals surface area (Å²) in [6.07, 6.45) is 5.77. The molecule has 0 aromatic rings. The summed E-state index contributed by atoms with van der Waals surface area (Å²) in [5, 5.41) is 23.6. The van der Waals surface area contributed by atoms with Gasteiger partial charge in [-0.05, 0) is 147 Å². The smallest absolute Gasteiger partial charge is 0.246 e. The summed E-state index contributed by atoms with van der Waals surface area (Å²) < 4.78 is 5.86. The van der Waals surface area contributed by atoms with Gasteiger partial charge in [0.2, 0.25) is 65.0 Å². The van der Waals surface area contributed by atoms with E-state index < -0.39 is 161 Å². The number of aliphatic hydroxyl groups is 1. The maximum absolute atomic E-state index is 15.6. The van der Waals surface area contributed by atoms with Crippen LogP contribution >= 0.6 is 11.8 Å². The molecule has 0 saturated carbocycles. The zero-order valence-corrected chi connectivity index (χ0v) is 64.6. The van der Waals surface area contributed by atoms with Crippen LogP contribution in [0.15, 0.2) is 12.2 Å². The van der Waals surface area contributed by atoms with Crippen molar-refractivity contribution >= 4 is 76.7 Å². The SMILES string of the molecule is CC=CC[C@@H](C)[C@@H](O)[C@H]1C(=O)N[C@@H](CC)C(=O)N(C)[C@H](CSCCCN2CCCC2)C(=O)N(C)[C@@H](CC(C)(C)OC)C(=O)N[C@@H](C(C)C)C(=O)N(C)[C@@H](CC(C)C)C(=O)N[C@@H](C)C(=O)N[C@H](C)C(=O)N(C)[C@@H](CC(C)C)C(=O)N(C)[C@@H](CC(C)C)C(=O)N(C)[C@@H](C(C)C)C(=O)N1C. The number of likely N-dealkylation sites (tertiary alicyclic amines) is 1. The minimum Gasteiger partial charge on any atom is -0.390 e. The second kappa shape index (κ2) is 40.4. The fourth-order valence-corrected chi connectivity index (χ4v) is 13.7. The molecule has 0 unspecified atom stereocenters. The Morgan fingerprint density at radius 1 is 0.536 bits per heavy atom. The van der Waals surface area contributed by atoms with Crippen molar-refractivity contribution in [3.8, 4) is 0 Å². The molecule has 25 nitrogen and oxygen atoms in total. The summed E-state index contributed by atoms with van der Waals surface area (Å²) in [7, 11) is 11.6. The van der Waals surface area contributed by atoms with Gasteiger partial charge in [0.1, 0.15) is 66.5 Å². The average Bonchev–Trinajstić information content (AvgIpc) is 1.03. The fourth-order valence-electron chi connectivity index (χ4n) is 12.6. The quantitative estimate of drug-likeness (QED) is 0.0730. The van der Waals surface area contributed by atoms with Gasteiger partial charge in [-0.3, -0.25) is 52.7 Å². The van der Waals surface area contributed by atoms with Crippen molar-refractivity contribution < 1.29 is 62.6 Å². The molecule has 0 aromatic carbocycles. The van der Waals surface area contributed by atoms with Crippen LogP contribution in [-0.4, -0.2) is 275 Å². The van der Waals surface area contributed by atoms with Crippen LogP contribution in [-0.2, 0) is 57.5 Å². The van der Waals surface area contributed by atoms with Gasteiger partial charge in [0.05, 0.1) is 11.7 Å². The number of nitrogens with one attached hydrogen (secondary N) is 4. The first-order valence-electron chi connectivity index (χ1n) is 35.3. The standard InChI is InChI=1S/C71H128N12O13S/c1-26-28-32-47(13)59(84)58-63(88)74-50(27-2)65(90)80(22)55(41-97-36-31-35-83-33-29-30-34-83)68(93)79(21)54(40-71(16,17)96-25)62(87)75-56(45(9)10)69(94)76(18)51(37-42(3)4)61(86)72-48(14)60(85)73-49(15)64(89)77(19)52(38-43(5)6)66(91)78(20)53(39-44(7)8)67(92)81(23)57(46(11)12)70(95)82(58)24/h26,28,42-59,84H,27,29-41H2,1-25H3,(H,72,86)(H,73,85)(H,74,88)(H,75,87)/t47-,48+,49-,50+,51+,52+,53+,54+,55-,56+,57+,58+,59-/m1/s1. The number of amides is 11. The van der Waals surface area contributed by atoms with Gasteiger partial charge in [0.25, 0.3) is 0 Å². The largest absolute Gasteiger partial charge is 0.390 e. The Bertz CT molecular complexity index is 2650. The lowest BCUT2D eigenvalue weighted by Crippen LogP contribution is -2.64. The highest BCUT2D eigenvalue weighted by molar-refractivity contribution is 7.99. The van der Waals surface area contributed by atoms with E-state index >= 15 is 33.6 Å². The van der Waals surface area contributed by atoms with Gasteiger partial charge in [-0.15, -0.1) is 0 Å². The zero-order chi connectivity index (χ0) is 74.4. The van der Waals surface area contributed by atoms with E-state index in [9.17, 15) is 24.3 Å². The van der Waals surface area contributed by atoms with Gasteiger partial charge in [-0.2, -0.15) is 11.8 Å². The maximum Gasteiger partial charge on any atom is 0.246 e. The summed E-state index contributed by atoms with van der Waals surface area (Å²) in [4.78, 5) is 176. The Hall–Kier alpha value is -5.86. The molecule has 0 bridgehead atoms. The molecule has 5 N–H and O–H groups in total. The number of thioether (sulfide) groups is 1. The van der Waals surface area contributed by atoms with Crippen molar-refractivity contribution in [1.29, 1.82) is 0 Å². The van der Waals surface area contributed by atoms with E-state index in [2.05, 4.69) is 26.2 Å². The highest BCUT2D eigenvalue weighted by atomic mass is 32.2. The molecule has 2 heterocycles. The van der Waals surface area contributed by atoms with Crippen LogP contribution in [0.1, 0.15) is 175 Å². The molecule has 0 aliphatic carbocycles. The third-order valence-corrected chi connectivity index (χ3v) is 20.3. The molecule has 97 heavy (non-hydrogen) atoms. The van der Waals surface area contributed by atoms with Gasteiger partial charge in [0.15, 0.2) is 0 Å². The van der Waals surface area contributed by atoms with Crippen LogP contribution in [0.4, 0.5) is 0 Å². The predicted molar refractivity (Wildman–Crippen MR) is 381 cm³/mol. The number of likely N-dealkylation sites (N-methyl/N-ethyl adjacent to an activating group) is 7. The second-order valence-electron chi connectivity index (χ2n) is 29.8. The number of hydrogen-bond donors (Lipinski definition) is 5. The molecule has 0 radical (unpaired) electrons. The molecule has 2 saturated heterocycles. The molecule has 2 rings (SSSR count). The normalized spacial score (nSPS) is 27.0. The summed E-state index contributed by atoms with van der Waals surface area (Å²) in [5.74, 6) is -9.11. The molecule has 0 aromatic heterocycles. The Labute approximate surface area is 586 Å². The molecular weight excluding hydrogens is 1260 g/mol. The number of methoxy groups -OCH3 is 1. The summed E-state index contributed by atoms with van der Waals surface area (Å²) >= 11 is 1.46. The lowest BCUT2D eigenvalue weighted by Gasteiger charge is -2.41. The lowest BCUT2D eigenvalue weighted by atomic mass is 9.91. The molecule has 556 valence electrons. The van der Waals surface area contributed by atoms with E-state index in [-0.39, 0.29) is 55.6 Å². The Kier molecular flexibility index (Phi) is 36.3. The molecule has 2 fully saturated rings. The molecule has 0 spiro atoms. The minimum atomic E-state index is -1.64. The number of hydrogen-bond acceptors (Lipinski definition) is 15. The fraction of sp³-hybridized carbons (Fsp3) is 0.817. The van der Waals surface area contributed by atoms with Gasteiger partial charge >= 0.3 is 0 Å². The Balaban J connectivity index is 3.13. The number of rotatable bonds is 22. The first-order valence-corrected chi connectivity index (χ1v) is 36.4. The van der Waals surface area contributed by atoms with Crippen LogP contribution in [0.5, 0.6) is 0 Å². The summed E-state index contributed by atoms with van der Waals surface area (Å²) in [5.41, 5.74) is -1.04. The number of carbonyl (C=O) groups excluding carboxylic acids is 11. The number of allylic oxidation sites excluding steroid dienone is 2. The van der Waals surface area contributed by atoms with Crippen LogP contribution in [0.25, 0.3) is 0 Å². The van der Waals surface area contributed by atoms with E-state index in [0.29, 0.717) is 12.2 Å². The minimum absolute atomic E-state index is 0.000565. The van der Waals surface area contributed by atoms with Crippen LogP contribution < -0.4 is 21.3 Å². The van der Waals surface area contributed by atoms with E-state index in [1.807, 2.05) is 54.5 Å².